The molecule has 0 aromatic heterocycles. The molecule has 0 spiro atoms. The quantitative estimate of drug-likeness (QED) is 0.611. The zero-order valence-corrected chi connectivity index (χ0v) is 9.91. The summed E-state index contributed by atoms with van der Waals surface area (Å²) in [5, 5.41) is 1.59. The van der Waals surface area contributed by atoms with Crippen LogP contribution in [0.5, 0.6) is 0 Å². The number of benzene rings is 2. The first kappa shape index (κ1) is 14.7. The second-order valence-corrected chi connectivity index (χ2v) is 5.20. The molecule has 17 heavy (non-hydrogen) atoms. The van der Waals surface area contributed by atoms with Crippen molar-refractivity contribution in [2.24, 2.45) is 0 Å². The van der Waals surface area contributed by atoms with Gasteiger partial charge in [0.05, 0.1) is 7.11 Å². The summed E-state index contributed by atoms with van der Waals surface area (Å²) in [6, 6.07) is 11.0. The Kier molecular flexibility index (Phi) is 4.75. The van der Waals surface area contributed by atoms with Crippen molar-refractivity contribution in [3.8, 4) is 0 Å². The van der Waals surface area contributed by atoms with Gasteiger partial charge >= 0.3 is 29.6 Å². The van der Waals surface area contributed by atoms with Crippen molar-refractivity contribution in [3.05, 3.63) is 42.0 Å². The number of fused-ring (bicyclic) bond motifs is 1. The summed E-state index contributed by atoms with van der Waals surface area (Å²) in [4.78, 5) is 0.258. The predicted molar refractivity (Wildman–Crippen MR) is 70.0 cm³/mol. The fraction of sp³-hybridized carbons (Fsp3) is 0.167. The van der Waals surface area contributed by atoms with Gasteiger partial charge in [0.15, 0.2) is 0 Å². The number of hydrogen-bond donors (Lipinski definition) is 0. The fourth-order valence-corrected chi connectivity index (χ4v) is 2.85. The van der Waals surface area contributed by atoms with Crippen molar-refractivity contribution in [3.63, 3.8) is 0 Å². The van der Waals surface area contributed by atoms with Crippen LogP contribution in [0.3, 0.4) is 0 Å². The SMILES string of the molecule is COS(=O)(=O)c1c(C)ccc2ccccc12.[NaH]. The van der Waals surface area contributed by atoms with E-state index in [1.807, 2.05) is 24.3 Å². The van der Waals surface area contributed by atoms with Gasteiger partial charge in [-0.1, -0.05) is 36.4 Å². The third kappa shape index (κ3) is 2.72. The molecule has 0 atom stereocenters. The van der Waals surface area contributed by atoms with Crippen molar-refractivity contribution >= 4 is 50.4 Å². The van der Waals surface area contributed by atoms with Gasteiger partial charge in [0.1, 0.15) is 4.90 Å². The van der Waals surface area contributed by atoms with Crippen LogP contribution >= 0.6 is 0 Å². The van der Waals surface area contributed by atoms with Gasteiger partial charge in [-0.15, -0.1) is 0 Å². The van der Waals surface area contributed by atoms with Gasteiger partial charge in [-0.05, 0) is 17.9 Å². The fourth-order valence-electron chi connectivity index (χ4n) is 1.77. The molecular formula is C12H13NaO3S. The molecule has 2 aromatic rings. The maximum atomic E-state index is 11.8. The Morgan fingerprint density at radius 3 is 2.35 bits per heavy atom. The van der Waals surface area contributed by atoms with Gasteiger partial charge in [-0.25, -0.2) is 0 Å². The Morgan fingerprint density at radius 2 is 1.71 bits per heavy atom. The number of aryl methyl sites for hydroxylation is 1. The molecule has 0 unspecified atom stereocenters. The standard InChI is InChI=1S/C12H12O3S.Na.H/c1-9-7-8-10-5-3-4-6-11(10)12(9)16(13,14)15-2;;/h3-8H,1-2H3;;. The van der Waals surface area contributed by atoms with Gasteiger partial charge < -0.3 is 0 Å². The molecular weight excluding hydrogens is 247 g/mol. The van der Waals surface area contributed by atoms with Crippen LogP contribution < -0.4 is 0 Å². The van der Waals surface area contributed by atoms with Crippen molar-refractivity contribution in [1.82, 2.24) is 0 Å². The Bertz CT molecular complexity index is 635. The van der Waals surface area contributed by atoms with E-state index < -0.39 is 10.1 Å². The maximum absolute atomic E-state index is 11.8. The molecule has 0 aliphatic carbocycles. The third-order valence-corrected chi connectivity index (χ3v) is 4.03. The zero-order valence-electron chi connectivity index (χ0n) is 9.10. The van der Waals surface area contributed by atoms with E-state index in [4.69, 9.17) is 0 Å². The molecule has 0 bridgehead atoms. The van der Waals surface area contributed by atoms with E-state index >= 15 is 0 Å². The van der Waals surface area contributed by atoms with Crippen LogP contribution in [0, 0.1) is 6.92 Å². The Hall–Kier alpha value is -0.390. The van der Waals surface area contributed by atoms with Gasteiger partial charge in [0, 0.05) is 5.39 Å². The normalized spacial score (nSPS) is 11.2. The van der Waals surface area contributed by atoms with Crippen LogP contribution in [-0.4, -0.2) is 45.1 Å². The number of hydrogen-bond acceptors (Lipinski definition) is 3. The van der Waals surface area contributed by atoms with E-state index in [9.17, 15) is 8.42 Å². The van der Waals surface area contributed by atoms with Crippen LogP contribution in [0.2, 0.25) is 0 Å². The minimum atomic E-state index is -3.66. The molecule has 2 aromatic carbocycles. The zero-order chi connectivity index (χ0) is 11.8. The summed E-state index contributed by atoms with van der Waals surface area (Å²) in [7, 11) is -2.48. The Labute approximate surface area is 123 Å². The average molecular weight is 260 g/mol. The van der Waals surface area contributed by atoms with Gasteiger partial charge in [-0.2, -0.15) is 8.42 Å². The summed E-state index contributed by atoms with van der Waals surface area (Å²) in [6.07, 6.45) is 0. The second-order valence-electron chi connectivity index (χ2n) is 3.55. The summed E-state index contributed by atoms with van der Waals surface area (Å²) in [5.74, 6) is 0. The predicted octanol–water partition coefficient (Wildman–Crippen LogP) is 1.83. The number of rotatable bonds is 2. The minimum absolute atomic E-state index is 0. The molecule has 5 heteroatoms. The Morgan fingerprint density at radius 1 is 1.06 bits per heavy atom. The summed E-state index contributed by atoms with van der Waals surface area (Å²) in [5.41, 5.74) is 0.695. The molecule has 2 rings (SSSR count). The van der Waals surface area contributed by atoms with E-state index in [1.165, 1.54) is 7.11 Å². The van der Waals surface area contributed by atoms with Gasteiger partial charge in [0.25, 0.3) is 10.1 Å². The molecule has 0 aliphatic heterocycles. The van der Waals surface area contributed by atoms with Crippen LogP contribution in [0.15, 0.2) is 41.3 Å². The van der Waals surface area contributed by atoms with Crippen LogP contribution in [0.4, 0.5) is 0 Å². The van der Waals surface area contributed by atoms with Gasteiger partial charge in [0.2, 0.25) is 0 Å². The summed E-state index contributed by atoms with van der Waals surface area (Å²) < 4.78 is 28.2. The van der Waals surface area contributed by atoms with Crippen molar-refractivity contribution in [2.75, 3.05) is 7.11 Å². The molecule has 0 amide bonds. The van der Waals surface area contributed by atoms with Crippen molar-refractivity contribution in [2.45, 2.75) is 11.8 Å². The van der Waals surface area contributed by atoms with E-state index in [-0.39, 0.29) is 34.5 Å². The Balaban J connectivity index is 0.00000144. The molecule has 0 saturated heterocycles. The van der Waals surface area contributed by atoms with E-state index in [0.717, 1.165) is 5.39 Å². The monoisotopic (exact) mass is 260 g/mol. The molecule has 0 aliphatic rings. The average Bonchev–Trinajstić information content (AvgIpc) is 2.28. The molecule has 3 nitrogen and oxygen atoms in total. The van der Waals surface area contributed by atoms with E-state index in [2.05, 4.69) is 4.18 Å². The van der Waals surface area contributed by atoms with Crippen LogP contribution in [-0.2, 0) is 14.3 Å². The topological polar surface area (TPSA) is 43.4 Å². The van der Waals surface area contributed by atoms with Crippen molar-refractivity contribution < 1.29 is 12.6 Å². The second kappa shape index (κ2) is 5.50. The first-order chi connectivity index (χ1) is 7.56. The molecule has 0 radical (unpaired) electrons. The third-order valence-electron chi connectivity index (χ3n) is 2.55. The van der Waals surface area contributed by atoms with Gasteiger partial charge in [-0.3, -0.25) is 4.18 Å². The summed E-state index contributed by atoms with van der Waals surface area (Å²) in [6.45, 7) is 1.76. The molecule has 0 N–H and O–H groups in total. The van der Waals surface area contributed by atoms with Crippen LogP contribution in [0.1, 0.15) is 5.56 Å². The molecule has 86 valence electrons. The summed E-state index contributed by atoms with van der Waals surface area (Å²) >= 11 is 0. The molecule has 0 heterocycles. The first-order valence-corrected chi connectivity index (χ1v) is 6.26. The van der Waals surface area contributed by atoms with E-state index in [1.54, 1.807) is 19.1 Å². The van der Waals surface area contributed by atoms with Crippen molar-refractivity contribution in [1.29, 1.82) is 0 Å². The van der Waals surface area contributed by atoms with E-state index in [0.29, 0.717) is 10.9 Å². The van der Waals surface area contributed by atoms with Crippen LogP contribution in [0.25, 0.3) is 10.8 Å². The molecule has 0 saturated carbocycles. The molecule has 0 fully saturated rings. The first-order valence-electron chi connectivity index (χ1n) is 4.85.